The van der Waals surface area contributed by atoms with Gasteiger partial charge in [-0.2, -0.15) is 0 Å². The maximum Gasteiger partial charge on any atom is 0.254 e. The van der Waals surface area contributed by atoms with E-state index in [1.807, 2.05) is 0 Å². The Balaban J connectivity index is 2.02. The Hall–Kier alpha value is -2.09. The molecule has 1 saturated heterocycles. The Kier molecular flexibility index (Phi) is 7.24. The van der Waals surface area contributed by atoms with Crippen molar-refractivity contribution in [2.24, 2.45) is 5.92 Å². The standard InChI is InChI=1S/C19H29N3O4S/c1-4-27(25,26)21-16-9-7-15(8-10-16)19(24)22-13-5-6-17(22)18(23)20-12-11-14(2)3/h7-10,14,17,21H,4-6,11-13H2,1-3H3,(H,20,23). The van der Waals surface area contributed by atoms with Gasteiger partial charge in [-0.1, -0.05) is 13.8 Å². The van der Waals surface area contributed by atoms with Crippen molar-refractivity contribution < 1.29 is 18.0 Å². The van der Waals surface area contributed by atoms with Gasteiger partial charge in [0.25, 0.3) is 5.91 Å². The van der Waals surface area contributed by atoms with Gasteiger partial charge in [-0.25, -0.2) is 8.42 Å². The minimum atomic E-state index is -3.35. The maximum absolute atomic E-state index is 12.8. The van der Waals surface area contributed by atoms with Crippen LogP contribution in [0.25, 0.3) is 0 Å². The van der Waals surface area contributed by atoms with E-state index in [-0.39, 0.29) is 17.6 Å². The lowest BCUT2D eigenvalue weighted by Crippen LogP contribution is -2.46. The molecule has 1 aliphatic rings. The highest BCUT2D eigenvalue weighted by atomic mass is 32.2. The van der Waals surface area contributed by atoms with Crippen molar-refractivity contribution in [2.45, 2.75) is 46.1 Å². The molecule has 1 unspecified atom stereocenters. The number of nitrogens with one attached hydrogen (secondary N) is 2. The molecule has 1 atom stereocenters. The summed E-state index contributed by atoms with van der Waals surface area (Å²) in [5.41, 5.74) is 0.856. The molecule has 0 aromatic heterocycles. The van der Waals surface area contributed by atoms with E-state index in [1.54, 1.807) is 36.1 Å². The van der Waals surface area contributed by atoms with E-state index in [0.717, 1.165) is 12.8 Å². The van der Waals surface area contributed by atoms with Crippen molar-refractivity contribution in [3.8, 4) is 0 Å². The summed E-state index contributed by atoms with van der Waals surface area (Å²) in [7, 11) is -3.35. The summed E-state index contributed by atoms with van der Waals surface area (Å²) in [6.45, 7) is 6.91. The number of rotatable bonds is 8. The van der Waals surface area contributed by atoms with E-state index in [0.29, 0.717) is 36.7 Å². The zero-order valence-electron chi connectivity index (χ0n) is 16.2. The molecule has 1 aromatic carbocycles. The average molecular weight is 396 g/mol. The summed E-state index contributed by atoms with van der Waals surface area (Å²) in [5.74, 6) is 0.181. The molecule has 1 aromatic rings. The summed E-state index contributed by atoms with van der Waals surface area (Å²) in [6.07, 6.45) is 2.36. The van der Waals surface area contributed by atoms with Crippen LogP contribution in [0.2, 0.25) is 0 Å². The lowest BCUT2D eigenvalue weighted by atomic mass is 10.1. The Morgan fingerprint density at radius 1 is 1.22 bits per heavy atom. The van der Waals surface area contributed by atoms with Crippen LogP contribution < -0.4 is 10.0 Å². The number of amides is 2. The van der Waals surface area contributed by atoms with Gasteiger partial charge in [0.05, 0.1) is 5.75 Å². The first-order valence-electron chi connectivity index (χ1n) is 9.42. The summed E-state index contributed by atoms with van der Waals surface area (Å²) in [5, 5.41) is 2.92. The van der Waals surface area contributed by atoms with Gasteiger partial charge in [-0.3, -0.25) is 14.3 Å². The fraction of sp³-hybridized carbons (Fsp3) is 0.579. The highest BCUT2D eigenvalue weighted by Gasteiger charge is 2.34. The first kappa shape index (κ1) is 21.2. The summed E-state index contributed by atoms with van der Waals surface area (Å²) in [6, 6.07) is 5.86. The van der Waals surface area contributed by atoms with Crippen LogP contribution in [0.5, 0.6) is 0 Å². The second-order valence-electron chi connectivity index (χ2n) is 7.21. The van der Waals surface area contributed by atoms with Crippen molar-refractivity contribution in [3.63, 3.8) is 0 Å². The molecule has 27 heavy (non-hydrogen) atoms. The summed E-state index contributed by atoms with van der Waals surface area (Å²) in [4.78, 5) is 26.8. The number of hydrogen-bond donors (Lipinski definition) is 2. The van der Waals surface area contributed by atoms with Crippen molar-refractivity contribution in [1.82, 2.24) is 10.2 Å². The lowest BCUT2D eigenvalue weighted by Gasteiger charge is -2.24. The largest absolute Gasteiger partial charge is 0.354 e. The van der Waals surface area contributed by atoms with Crippen molar-refractivity contribution in [3.05, 3.63) is 29.8 Å². The minimum absolute atomic E-state index is 0.0188. The van der Waals surface area contributed by atoms with Crippen LogP contribution in [0.4, 0.5) is 5.69 Å². The van der Waals surface area contributed by atoms with E-state index < -0.39 is 16.1 Å². The number of hydrogen-bond acceptors (Lipinski definition) is 4. The molecule has 2 amide bonds. The summed E-state index contributed by atoms with van der Waals surface area (Å²) >= 11 is 0. The quantitative estimate of drug-likeness (QED) is 0.705. The van der Waals surface area contributed by atoms with Gasteiger partial charge in [-0.05, 0) is 56.4 Å². The number of nitrogens with zero attached hydrogens (tertiary/aromatic N) is 1. The Morgan fingerprint density at radius 3 is 2.48 bits per heavy atom. The Labute approximate surface area is 161 Å². The lowest BCUT2D eigenvalue weighted by molar-refractivity contribution is -0.124. The number of benzene rings is 1. The molecule has 0 radical (unpaired) electrons. The highest BCUT2D eigenvalue weighted by molar-refractivity contribution is 7.92. The molecule has 0 bridgehead atoms. The predicted octanol–water partition coefficient (Wildman–Crippen LogP) is 2.22. The Bertz CT molecular complexity index is 760. The van der Waals surface area contributed by atoms with Gasteiger partial charge in [0.2, 0.25) is 15.9 Å². The van der Waals surface area contributed by atoms with Crippen molar-refractivity contribution in [1.29, 1.82) is 0 Å². The molecular formula is C19H29N3O4S. The number of carbonyl (C=O) groups excluding carboxylic acids is 2. The Morgan fingerprint density at radius 2 is 1.89 bits per heavy atom. The van der Waals surface area contributed by atoms with Crippen LogP contribution in [0.15, 0.2) is 24.3 Å². The molecule has 2 N–H and O–H groups in total. The molecule has 1 aliphatic heterocycles. The second-order valence-corrected chi connectivity index (χ2v) is 9.22. The molecule has 0 saturated carbocycles. The second kappa shape index (κ2) is 9.21. The van der Waals surface area contributed by atoms with Crippen LogP contribution in [0, 0.1) is 5.92 Å². The molecule has 0 spiro atoms. The monoisotopic (exact) mass is 395 g/mol. The molecular weight excluding hydrogens is 366 g/mol. The van der Waals surface area contributed by atoms with E-state index in [1.165, 1.54) is 0 Å². The zero-order valence-corrected chi connectivity index (χ0v) is 17.0. The van der Waals surface area contributed by atoms with Crippen LogP contribution in [0.3, 0.4) is 0 Å². The van der Waals surface area contributed by atoms with E-state index in [9.17, 15) is 18.0 Å². The molecule has 2 rings (SSSR count). The normalized spacial score (nSPS) is 17.2. The highest BCUT2D eigenvalue weighted by Crippen LogP contribution is 2.21. The summed E-state index contributed by atoms with van der Waals surface area (Å²) < 4.78 is 25.7. The van der Waals surface area contributed by atoms with Crippen LogP contribution >= 0.6 is 0 Å². The third kappa shape index (κ3) is 5.95. The van der Waals surface area contributed by atoms with Crippen LogP contribution in [-0.2, 0) is 14.8 Å². The van der Waals surface area contributed by atoms with Crippen molar-refractivity contribution in [2.75, 3.05) is 23.6 Å². The van der Waals surface area contributed by atoms with E-state index >= 15 is 0 Å². The molecule has 7 nitrogen and oxygen atoms in total. The first-order chi connectivity index (χ1) is 12.7. The van der Waals surface area contributed by atoms with Gasteiger partial charge >= 0.3 is 0 Å². The third-order valence-electron chi connectivity index (χ3n) is 4.62. The molecule has 8 heteroatoms. The fourth-order valence-electron chi connectivity index (χ4n) is 2.98. The number of likely N-dealkylation sites (tertiary alicyclic amines) is 1. The van der Waals surface area contributed by atoms with Crippen molar-refractivity contribution >= 4 is 27.5 Å². The van der Waals surface area contributed by atoms with E-state index in [2.05, 4.69) is 23.9 Å². The number of carbonyl (C=O) groups is 2. The van der Waals surface area contributed by atoms with E-state index in [4.69, 9.17) is 0 Å². The molecule has 1 heterocycles. The maximum atomic E-state index is 12.8. The minimum Gasteiger partial charge on any atom is -0.354 e. The smallest absolute Gasteiger partial charge is 0.254 e. The fourth-order valence-corrected chi connectivity index (χ4v) is 3.62. The topological polar surface area (TPSA) is 95.6 Å². The third-order valence-corrected chi connectivity index (χ3v) is 5.93. The van der Waals surface area contributed by atoms with Gasteiger partial charge in [0, 0.05) is 24.3 Å². The number of sulfonamides is 1. The van der Waals surface area contributed by atoms with Gasteiger partial charge < -0.3 is 10.2 Å². The van der Waals surface area contributed by atoms with Gasteiger partial charge in [0.15, 0.2) is 0 Å². The molecule has 150 valence electrons. The van der Waals surface area contributed by atoms with Gasteiger partial charge in [-0.15, -0.1) is 0 Å². The van der Waals surface area contributed by atoms with Crippen LogP contribution in [0.1, 0.15) is 50.4 Å². The molecule has 1 fully saturated rings. The zero-order chi connectivity index (χ0) is 20.0. The average Bonchev–Trinajstić information content (AvgIpc) is 3.11. The van der Waals surface area contributed by atoms with Crippen LogP contribution in [-0.4, -0.2) is 50.0 Å². The predicted molar refractivity (Wildman–Crippen MR) is 106 cm³/mol. The first-order valence-corrected chi connectivity index (χ1v) is 11.1. The SMILES string of the molecule is CCS(=O)(=O)Nc1ccc(C(=O)N2CCCC2C(=O)NCCC(C)C)cc1. The number of anilines is 1. The van der Waals surface area contributed by atoms with Gasteiger partial charge in [0.1, 0.15) is 6.04 Å². The molecule has 0 aliphatic carbocycles.